The van der Waals surface area contributed by atoms with E-state index in [1.54, 1.807) is 12.1 Å². The van der Waals surface area contributed by atoms with Crippen LogP contribution in [0, 0.1) is 0 Å². The summed E-state index contributed by atoms with van der Waals surface area (Å²) >= 11 is 11.8. The smallest absolute Gasteiger partial charge is 0.261 e. The van der Waals surface area contributed by atoms with Crippen molar-refractivity contribution in [2.45, 2.75) is 43.8 Å². The molecule has 0 unspecified atom stereocenters. The zero-order valence-electron chi connectivity index (χ0n) is 14.9. The second-order valence-electron chi connectivity index (χ2n) is 7.19. The lowest BCUT2D eigenvalue weighted by atomic mass is 9.70. The van der Waals surface area contributed by atoms with Crippen LogP contribution in [0.5, 0.6) is 5.75 Å². The lowest BCUT2D eigenvalue weighted by molar-refractivity contribution is -0.161. The Balaban J connectivity index is 1.78. The number of benzene rings is 1. The van der Waals surface area contributed by atoms with Gasteiger partial charge in [0.15, 0.2) is 6.61 Å². The molecule has 3 aliphatic rings. The number of halogens is 2. The van der Waals surface area contributed by atoms with E-state index in [2.05, 4.69) is 5.32 Å². The van der Waals surface area contributed by atoms with Crippen molar-refractivity contribution < 1.29 is 19.1 Å². The fourth-order valence-corrected chi connectivity index (χ4v) is 3.98. The number of amides is 2. The molecule has 1 aromatic rings. The minimum Gasteiger partial charge on any atom is -0.484 e. The molecule has 9 heteroatoms. The molecule has 2 saturated heterocycles. The molecule has 146 valence electrons. The number of Topliss-reactive ketones (excluding diaryl/α,β-unsaturated/α-hetero) is 1. The number of hydrogen-bond acceptors (Lipinski definition) is 5. The molecule has 0 atom stereocenters. The van der Waals surface area contributed by atoms with Gasteiger partial charge in [0.1, 0.15) is 17.1 Å². The number of hydrogen-bond donors (Lipinski definition) is 2. The van der Waals surface area contributed by atoms with Crippen molar-refractivity contribution in [1.29, 1.82) is 0 Å². The van der Waals surface area contributed by atoms with Gasteiger partial charge in [-0.15, -0.1) is 0 Å². The molecule has 7 nitrogen and oxygen atoms in total. The number of rotatable bonds is 6. The predicted molar refractivity (Wildman–Crippen MR) is 101 cm³/mol. The van der Waals surface area contributed by atoms with E-state index >= 15 is 0 Å². The molecule has 0 spiro atoms. The summed E-state index contributed by atoms with van der Waals surface area (Å²) < 4.78 is 5.51. The largest absolute Gasteiger partial charge is 0.484 e. The van der Waals surface area contributed by atoms with Crippen molar-refractivity contribution in [2.75, 3.05) is 13.2 Å². The molecule has 2 aliphatic heterocycles. The van der Waals surface area contributed by atoms with Crippen molar-refractivity contribution >= 4 is 40.8 Å². The highest BCUT2D eigenvalue weighted by Gasteiger charge is 2.57. The monoisotopic (exact) mass is 413 g/mol. The molecule has 27 heavy (non-hydrogen) atoms. The maximum atomic E-state index is 12.9. The van der Waals surface area contributed by atoms with Crippen molar-refractivity contribution in [1.82, 2.24) is 10.2 Å². The van der Waals surface area contributed by atoms with Gasteiger partial charge >= 0.3 is 0 Å². The Morgan fingerprint density at radius 1 is 1.22 bits per heavy atom. The fraction of sp³-hybridized carbons (Fsp3) is 0.500. The number of nitrogens with two attached hydrogens (primary N) is 1. The molecule has 1 aromatic carbocycles. The lowest BCUT2D eigenvalue weighted by Crippen LogP contribution is -2.76. The Morgan fingerprint density at radius 2 is 1.89 bits per heavy atom. The van der Waals surface area contributed by atoms with E-state index in [0.29, 0.717) is 41.5 Å². The number of piperidine rings is 2. The molecule has 0 aromatic heterocycles. The Hall–Kier alpha value is -1.83. The van der Waals surface area contributed by atoms with Crippen LogP contribution in [-0.4, -0.2) is 46.9 Å². The zero-order chi connectivity index (χ0) is 19.8. The van der Waals surface area contributed by atoms with Crippen LogP contribution in [0.3, 0.4) is 0 Å². The van der Waals surface area contributed by atoms with Gasteiger partial charge < -0.3 is 20.7 Å². The van der Waals surface area contributed by atoms with Gasteiger partial charge in [-0.25, -0.2) is 0 Å². The Labute approximate surface area is 167 Å². The van der Waals surface area contributed by atoms with Gasteiger partial charge in [0.05, 0.1) is 22.3 Å². The van der Waals surface area contributed by atoms with Crippen LogP contribution in [0.25, 0.3) is 0 Å². The predicted octanol–water partition coefficient (Wildman–Crippen LogP) is 1.89. The summed E-state index contributed by atoms with van der Waals surface area (Å²) in [6, 6.07) is 4.65. The van der Waals surface area contributed by atoms with E-state index in [1.807, 2.05) is 0 Å². The minimum atomic E-state index is -1.06. The quantitative estimate of drug-likeness (QED) is 0.740. The van der Waals surface area contributed by atoms with Crippen molar-refractivity contribution in [2.24, 2.45) is 5.73 Å². The number of ether oxygens (including phenoxy) is 1. The number of ketones is 1. The van der Waals surface area contributed by atoms with E-state index in [-0.39, 0.29) is 24.8 Å². The molecule has 1 aliphatic carbocycles. The number of nitrogens with one attached hydrogen (secondary N) is 1. The third kappa shape index (κ3) is 3.90. The summed E-state index contributed by atoms with van der Waals surface area (Å²) in [5.41, 5.74) is 4.35. The molecule has 1 saturated carbocycles. The summed E-state index contributed by atoms with van der Waals surface area (Å²) in [6.45, 7) is 0.899. The number of fused-ring (bicyclic) bond motifs is 3. The molecule has 2 heterocycles. The molecular weight excluding hydrogens is 393 g/mol. The van der Waals surface area contributed by atoms with E-state index in [0.717, 1.165) is 0 Å². The van der Waals surface area contributed by atoms with E-state index < -0.39 is 17.1 Å². The summed E-state index contributed by atoms with van der Waals surface area (Å²) in [7, 11) is 0. The second kappa shape index (κ2) is 7.30. The first-order valence-corrected chi connectivity index (χ1v) is 9.40. The standard InChI is InChI=1S/C18H21Cl2N3O4/c1-11(24)9-23(17-4-6-18(21,7-5-17)22-16(17)26)15(25)10-27-12-2-3-13(19)14(20)8-12/h2-3,8H,4-7,9-10,21H2,1H3,(H,22,26). The van der Waals surface area contributed by atoms with E-state index in [1.165, 1.54) is 17.9 Å². The first-order chi connectivity index (χ1) is 12.7. The zero-order valence-corrected chi connectivity index (χ0v) is 16.4. The molecule has 4 rings (SSSR count). The van der Waals surface area contributed by atoms with Crippen molar-refractivity contribution in [3.8, 4) is 5.75 Å². The van der Waals surface area contributed by atoms with Crippen molar-refractivity contribution in [3.63, 3.8) is 0 Å². The topological polar surface area (TPSA) is 102 Å². The van der Waals surface area contributed by atoms with Crippen LogP contribution in [0.15, 0.2) is 18.2 Å². The average molecular weight is 414 g/mol. The second-order valence-corrected chi connectivity index (χ2v) is 8.00. The number of carbonyl (C=O) groups excluding carboxylic acids is 3. The highest BCUT2D eigenvalue weighted by Crippen LogP contribution is 2.41. The van der Waals surface area contributed by atoms with Crippen LogP contribution >= 0.6 is 23.2 Å². The van der Waals surface area contributed by atoms with Crippen LogP contribution in [0.2, 0.25) is 10.0 Å². The third-order valence-electron chi connectivity index (χ3n) is 5.21. The molecule has 3 N–H and O–H groups in total. The minimum absolute atomic E-state index is 0.158. The Morgan fingerprint density at radius 3 is 2.44 bits per heavy atom. The fourth-order valence-electron chi connectivity index (χ4n) is 3.69. The van der Waals surface area contributed by atoms with Gasteiger partial charge in [-0.05, 0) is 44.7 Å². The Kier molecular flexibility index (Phi) is 5.38. The highest BCUT2D eigenvalue weighted by molar-refractivity contribution is 6.42. The first kappa shape index (κ1) is 19.9. The maximum absolute atomic E-state index is 12.9. The van der Waals surface area contributed by atoms with Crippen molar-refractivity contribution in [3.05, 3.63) is 28.2 Å². The number of carbonyl (C=O) groups is 3. The lowest BCUT2D eigenvalue weighted by Gasteiger charge is -2.54. The van der Waals surface area contributed by atoms with Gasteiger partial charge in [0, 0.05) is 6.07 Å². The summed E-state index contributed by atoms with van der Waals surface area (Å²) in [5.74, 6) is -0.601. The summed E-state index contributed by atoms with van der Waals surface area (Å²) in [6.07, 6.45) is 1.93. The van der Waals surface area contributed by atoms with E-state index in [4.69, 9.17) is 33.7 Å². The molecule has 2 amide bonds. The summed E-state index contributed by atoms with van der Waals surface area (Å²) in [4.78, 5) is 38.7. The van der Waals surface area contributed by atoms with Gasteiger partial charge in [-0.3, -0.25) is 14.4 Å². The Bertz CT molecular complexity index is 791. The molecular formula is C18H21Cl2N3O4. The van der Waals surface area contributed by atoms with Crippen LogP contribution < -0.4 is 15.8 Å². The van der Waals surface area contributed by atoms with E-state index in [9.17, 15) is 14.4 Å². The normalized spacial score (nSPS) is 26.4. The highest BCUT2D eigenvalue weighted by atomic mass is 35.5. The molecule has 3 fully saturated rings. The van der Waals surface area contributed by atoms with Crippen LogP contribution in [0.4, 0.5) is 0 Å². The average Bonchev–Trinajstić information content (AvgIpc) is 2.61. The SMILES string of the molecule is CC(=O)CN(C(=O)COc1ccc(Cl)c(Cl)c1)C12CCC(N)(CC1)NC2=O. The molecule has 2 bridgehead atoms. The van der Waals surface area contributed by atoms with Crippen LogP contribution in [-0.2, 0) is 14.4 Å². The van der Waals surface area contributed by atoms with Gasteiger partial charge in [-0.2, -0.15) is 0 Å². The third-order valence-corrected chi connectivity index (χ3v) is 5.95. The molecule has 0 radical (unpaired) electrons. The first-order valence-electron chi connectivity index (χ1n) is 8.64. The van der Waals surface area contributed by atoms with Crippen LogP contribution in [0.1, 0.15) is 32.6 Å². The van der Waals surface area contributed by atoms with Gasteiger partial charge in [-0.1, -0.05) is 23.2 Å². The maximum Gasteiger partial charge on any atom is 0.261 e. The van der Waals surface area contributed by atoms with Gasteiger partial charge in [0.2, 0.25) is 5.91 Å². The number of nitrogens with zero attached hydrogens (tertiary/aromatic N) is 1. The van der Waals surface area contributed by atoms with Gasteiger partial charge in [0.25, 0.3) is 5.91 Å². The summed E-state index contributed by atoms with van der Waals surface area (Å²) in [5, 5.41) is 3.47.